The highest BCUT2D eigenvalue weighted by Crippen LogP contribution is 2.31. The Morgan fingerprint density at radius 2 is 0.970 bits per heavy atom. The van der Waals surface area contributed by atoms with Gasteiger partial charge in [0.2, 0.25) is 0 Å². The van der Waals surface area contributed by atoms with Crippen molar-refractivity contribution < 1.29 is 18.8 Å². The van der Waals surface area contributed by atoms with Crippen molar-refractivity contribution in [2.24, 2.45) is 0 Å². The minimum Gasteiger partial charge on any atom is -0.526 e. The van der Waals surface area contributed by atoms with Crippen LogP contribution in [-0.2, 0) is 13.2 Å². The minimum absolute atomic E-state index is 0.404. The van der Waals surface area contributed by atoms with Gasteiger partial charge < -0.3 is 18.8 Å². The van der Waals surface area contributed by atoms with Crippen molar-refractivity contribution in [2.75, 3.05) is 0 Å². The van der Waals surface area contributed by atoms with Crippen LogP contribution in [-0.4, -0.2) is 7.69 Å². The lowest BCUT2D eigenvalue weighted by molar-refractivity contribution is 0.304. The summed E-state index contributed by atoms with van der Waals surface area (Å²) in [5.74, 6) is 2.10. The molecule has 0 saturated heterocycles. The number of benzene rings is 4. The van der Waals surface area contributed by atoms with E-state index in [-0.39, 0.29) is 0 Å². The van der Waals surface area contributed by atoms with E-state index in [1.807, 2.05) is 60.7 Å². The molecule has 4 aromatic carbocycles. The summed E-state index contributed by atoms with van der Waals surface area (Å²) in [6, 6.07) is 30.0. The minimum atomic E-state index is 0.404. The van der Waals surface area contributed by atoms with E-state index in [0.717, 1.165) is 11.1 Å². The van der Waals surface area contributed by atoms with Crippen molar-refractivity contribution in [3.05, 3.63) is 118 Å². The lowest BCUT2D eigenvalue weighted by Gasteiger charge is -2.12. The van der Waals surface area contributed by atoms with Crippen LogP contribution in [0, 0.1) is 0 Å². The third kappa shape index (κ3) is 6.85. The average Bonchev–Trinajstić information content (AvgIpc) is 2.85. The molecule has 1 radical (unpaired) electrons. The maximum Gasteiger partial charge on any atom is 0.658 e. The van der Waals surface area contributed by atoms with Gasteiger partial charge in [0.25, 0.3) is 0 Å². The van der Waals surface area contributed by atoms with Gasteiger partial charge in [0, 0.05) is 12.1 Å². The lowest BCUT2D eigenvalue weighted by Crippen LogP contribution is -2.11. The quantitative estimate of drug-likeness (QED) is 0.227. The molecular formula is C26H20BCl2O4. The molecule has 0 bridgehead atoms. The fourth-order valence-corrected chi connectivity index (χ4v) is 3.29. The molecule has 0 aliphatic rings. The molecule has 165 valence electrons. The molecule has 33 heavy (non-hydrogen) atoms. The van der Waals surface area contributed by atoms with E-state index in [2.05, 4.69) is 0 Å². The van der Waals surface area contributed by atoms with Crippen LogP contribution in [0.4, 0.5) is 0 Å². The molecule has 0 aliphatic carbocycles. The smallest absolute Gasteiger partial charge is 0.526 e. The maximum absolute atomic E-state index is 6.25. The summed E-state index contributed by atoms with van der Waals surface area (Å²) in [4.78, 5) is 0. The topological polar surface area (TPSA) is 36.9 Å². The predicted octanol–water partition coefficient (Wildman–Crippen LogP) is 7.14. The van der Waals surface area contributed by atoms with Gasteiger partial charge >= 0.3 is 7.69 Å². The second-order valence-corrected chi connectivity index (χ2v) is 7.88. The van der Waals surface area contributed by atoms with Gasteiger partial charge in [-0.3, -0.25) is 0 Å². The molecular weight excluding hydrogens is 458 g/mol. The summed E-state index contributed by atoms with van der Waals surface area (Å²) >= 11 is 12.5. The number of ether oxygens (including phenoxy) is 2. The average molecular weight is 478 g/mol. The van der Waals surface area contributed by atoms with Gasteiger partial charge in [-0.1, -0.05) is 83.9 Å². The van der Waals surface area contributed by atoms with Crippen LogP contribution < -0.4 is 18.8 Å². The van der Waals surface area contributed by atoms with E-state index in [4.69, 9.17) is 42.0 Å². The molecule has 7 heteroatoms. The molecule has 4 rings (SSSR count). The SMILES string of the molecule is Clc1ccc(O[B]Oc2ccc(Cl)c(OCc3ccccc3)c2)cc1OCc1ccccc1. The summed E-state index contributed by atoms with van der Waals surface area (Å²) in [5.41, 5.74) is 2.09. The van der Waals surface area contributed by atoms with Crippen molar-refractivity contribution >= 4 is 30.9 Å². The lowest BCUT2D eigenvalue weighted by atomic mass is 10.2. The van der Waals surface area contributed by atoms with E-state index < -0.39 is 0 Å². The zero-order chi connectivity index (χ0) is 22.9. The van der Waals surface area contributed by atoms with Gasteiger partial charge in [-0.25, -0.2) is 0 Å². The van der Waals surface area contributed by atoms with Crippen molar-refractivity contribution in [2.45, 2.75) is 13.2 Å². The number of hydrogen-bond acceptors (Lipinski definition) is 4. The van der Waals surface area contributed by atoms with Crippen molar-refractivity contribution in [1.82, 2.24) is 0 Å². The Hall–Kier alpha value is -3.28. The van der Waals surface area contributed by atoms with E-state index in [9.17, 15) is 0 Å². The molecule has 0 unspecified atom stereocenters. The van der Waals surface area contributed by atoms with E-state index >= 15 is 0 Å². The Balaban J connectivity index is 1.31. The second-order valence-electron chi connectivity index (χ2n) is 7.06. The first-order valence-corrected chi connectivity index (χ1v) is 11.0. The van der Waals surface area contributed by atoms with Crippen LogP contribution in [0.5, 0.6) is 23.0 Å². The molecule has 0 amide bonds. The van der Waals surface area contributed by atoms with E-state index in [1.165, 1.54) is 7.69 Å². The van der Waals surface area contributed by atoms with Crippen LogP contribution in [0.15, 0.2) is 97.1 Å². The van der Waals surface area contributed by atoms with Crippen molar-refractivity contribution in [1.29, 1.82) is 0 Å². The van der Waals surface area contributed by atoms with Crippen LogP contribution in [0.25, 0.3) is 0 Å². The van der Waals surface area contributed by atoms with Gasteiger partial charge in [0.05, 0.1) is 10.0 Å². The molecule has 0 N–H and O–H groups in total. The highest BCUT2D eigenvalue weighted by Gasteiger charge is 2.09. The summed E-state index contributed by atoms with van der Waals surface area (Å²) in [5, 5.41) is 0.995. The fourth-order valence-electron chi connectivity index (χ4n) is 2.94. The Kier molecular flexibility index (Phi) is 8.02. The Bertz CT molecular complexity index is 1080. The van der Waals surface area contributed by atoms with E-state index in [0.29, 0.717) is 46.3 Å². The molecule has 0 aliphatic heterocycles. The number of rotatable bonds is 10. The molecule has 0 atom stereocenters. The van der Waals surface area contributed by atoms with Gasteiger partial charge in [0.15, 0.2) is 0 Å². The molecule has 4 aromatic rings. The molecule has 0 heterocycles. The summed E-state index contributed by atoms with van der Waals surface area (Å²) in [6.07, 6.45) is 0. The van der Waals surface area contributed by atoms with Crippen LogP contribution in [0.3, 0.4) is 0 Å². The third-order valence-corrected chi connectivity index (χ3v) is 5.27. The van der Waals surface area contributed by atoms with Gasteiger partial charge in [-0.15, -0.1) is 0 Å². The molecule has 0 saturated carbocycles. The number of halogens is 2. The first-order chi connectivity index (χ1) is 16.2. The van der Waals surface area contributed by atoms with Crippen molar-refractivity contribution in [3.8, 4) is 23.0 Å². The third-order valence-electron chi connectivity index (χ3n) is 4.65. The summed E-state index contributed by atoms with van der Waals surface area (Å²) < 4.78 is 22.8. The standard InChI is InChI=1S/C26H20BCl2O4/c28-23-13-11-21(15-25(23)30-17-19-7-3-1-4-8-19)32-27-33-22-12-14-24(29)26(16-22)31-18-20-9-5-2-6-10-20/h1-16H,17-18H2. The Morgan fingerprint density at radius 3 is 1.39 bits per heavy atom. The molecule has 0 fully saturated rings. The van der Waals surface area contributed by atoms with Crippen LogP contribution in [0.2, 0.25) is 10.0 Å². The first kappa shape index (κ1) is 22.9. The van der Waals surface area contributed by atoms with Gasteiger partial charge in [0.1, 0.15) is 36.2 Å². The molecule has 0 aromatic heterocycles. The molecule has 0 spiro atoms. The highest BCUT2D eigenvalue weighted by atomic mass is 35.5. The summed E-state index contributed by atoms with van der Waals surface area (Å²) in [7, 11) is 1.23. The summed E-state index contributed by atoms with van der Waals surface area (Å²) in [6.45, 7) is 0.807. The zero-order valence-corrected chi connectivity index (χ0v) is 19.1. The normalized spacial score (nSPS) is 10.4. The largest absolute Gasteiger partial charge is 0.658 e. The Morgan fingerprint density at radius 1 is 0.545 bits per heavy atom. The Labute approximate surface area is 203 Å². The van der Waals surface area contributed by atoms with Gasteiger partial charge in [-0.2, -0.15) is 0 Å². The number of hydrogen-bond donors (Lipinski definition) is 0. The van der Waals surface area contributed by atoms with Crippen LogP contribution in [0.1, 0.15) is 11.1 Å². The molecule has 4 nitrogen and oxygen atoms in total. The predicted molar refractivity (Wildman–Crippen MR) is 131 cm³/mol. The monoisotopic (exact) mass is 477 g/mol. The second kappa shape index (κ2) is 11.5. The zero-order valence-electron chi connectivity index (χ0n) is 17.6. The first-order valence-electron chi connectivity index (χ1n) is 10.2. The van der Waals surface area contributed by atoms with E-state index in [1.54, 1.807) is 36.4 Å². The van der Waals surface area contributed by atoms with Crippen LogP contribution >= 0.6 is 23.2 Å². The van der Waals surface area contributed by atoms with Crippen molar-refractivity contribution in [3.63, 3.8) is 0 Å². The maximum atomic E-state index is 6.25. The highest BCUT2D eigenvalue weighted by molar-refractivity contribution is 6.32. The fraction of sp³-hybridized carbons (Fsp3) is 0.0769. The van der Waals surface area contributed by atoms with Gasteiger partial charge in [-0.05, 0) is 35.4 Å².